The zero-order valence-electron chi connectivity index (χ0n) is 10.3. The molecule has 0 saturated heterocycles. The van der Waals surface area contributed by atoms with Crippen LogP contribution in [0.15, 0.2) is 60.7 Å². The van der Waals surface area contributed by atoms with Gasteiger partial charge < -0.3 is 5.32 Å². The Hall–Kier alpha value is -1.86. The van der Waals surface area contributed by atoms with Gasteiger partial charge in [0.2, 0.25) is 0 Å². The van der Waals surface area contributed by atoms with Gasteiger partial charge in [-0.3, -0.25) is 0 Å². The summed E-state index contributed by atoms with van der Waals surface area (Å²) in [5.74, 6) is 0. The Morgan fingerprint density at radius 1 is 0.588 bits per heavy atom. The first-order valence-electron chi connectivity index (χ1n) is 5.81. The zero-order chi connectivity index (χ0) is 12.1. The van der Waals surface area contributed by atoms with Gasteiger partial charge in [0.25, 0.3) is 0 Å². The lowest BCUT2D eigenvalue weighted by atomic mass is 10.0. The summed E-state index contributed by atoms with van der Waals surface area (Å²) in [4.78, 5) is 0. The molecule has 0 aliphatic heterocycles. The molecule has 3 rings (SSSR count). The van der Waals surface area contributed by atoms with Crippen molar-refractivity contribution in [2.24, 2.45) is 0 Å². The predicted molar refractivity (Wildman–Crippen MR) is 76.4 cm³/mol. The second-order valence-corrected chi connectivity index (χ2v) is 4.05. The molecule has 1 N–H and O–H groups in total. The highest BCUT2D eigenvalue weighted by Gasteiger charge is 1.95. The van der Waals surface area contributed by atoms with Crippen LogP contribution in [0.5, 0.6) is 0 Å². The van der Waals surface area contributed by atoms with E-state index in [1.165, 1.54) is 21.5 Å². The third-order valence-corrected chi connectivity index (χ3v) is 2.61. The van der Waals surface area contributed by atoms with Crippen molar-refractivity contribution < 1.29 is 0 Å². The Kier molecular flexibility index (Phi) is 3.73. The van der Waals surface area contributed by atoms with Crippen LogP contribution in [-0.2, 0) is 0 Å². The molecule has 0 aliphatic rings. The van der Waals surface area contributed by atoms with Crippen LogP contribution in [0.2, 0.25) is 0 Å². The van der Waals surface area contributed by atoms with Crippen LogP contribution >= 0.6 is 0 Å². The molecule has 0 amide bonds. The third kappa shape index (κ3) is 2.63. The van der Waals surface area contributed by atoms with E-state index in [0.717, 1.165) is 0 Å². The van der Waals surface area contributed by atoms with Crippen LogP contribution in [0.25, 0.3) is 21.5 Å². The normalized spacial score (nSPS) is 10.0. The van der Waals surface area contributed by atoms with E-state index in [4.69, 9.17) is 0 Å². The van der Waals surface area contributed by atoms with Crippen molar-refractivity contribution in [3.05, 3.63) is 60.7 Å². The first kappa shape index (κ1) is 11.6. The third-order valence-electron chi connectivity index (χ3n) is 2.61. The van der Waals surface area contributed by atoms with E-state index >= 15 is 0 Å². The molecule has 0 spiro atoms. The Labute approximate surface area is 102 Å². The summed E-state index contributed by atoms with van der Waals surface area (Å²) in [7, 11) is 3.75. The molecular formula is C16H17N. The average molecular weight is 223 g/mol. The van der Waals surface area contributed by atoms with Crippen LogP contribution in [0, 0.1) is 0 Å². The highest BCUT2D eigenvalue weighted by Crippen LogP contribution is 2.21. The van der Waals surface area contributed by atoms with E-state index in [0.29, 0.717) is 0 Å². The molecule has 0 unspecified atom stereocenters. The minimum absolute atomic E-state index is 1.31. The number of nitrogens with one attached hydrogen (secondary N) is 1. The second-order valence-electron chi connectivity index (χ2n) is 4.05. The molecule has 86 valence electrons. The summed E-state index contributed by atoms with van der Waals surface area (Å²) in [6.45, 7) is 0. The lowest BCUT2D eigenvalue weighted by molar-refractivity contribution is 1.02. The van der Waals surface area contributed by atoms with Crippen LogP contribution < -0.4 is 5.32 Å². The average Bonchev–Trinajstić information content (AvgIpc) is 2.37. The van der Waals surface area contributed by atoms with E-state index < -0.39 is 0 Å². The number of benzene rings is 3. The van der Waals surface area contributed by atoms with Gasteiger partial charge in [-0.2, -0.15) is 0 Å². The van der Waals surface area contributed by atoms with E-state index in [9.17, 15) is 0 Å². The lowest BCUT2D eigenvalue weighted by Crippen LogP contribution is -1.89. The van der Waals surface area contributed by atoms with Gasteiger partial charge in [0, 0.05) is 0 Å². The smallest absolute Gasteiger partial charge is 0.0167 e. The summed E-state index contributed by atoms with van der Waals surface area (Å²) in [6.07, 6.45) is 0. The molecule has 1 heteroatoms. The maximum Gasteiger partial charge on any atom is -0.0167 e. The molecule has 0 aromatic heterocycles. The van der Waals surface area contributed by atoms with Gasteiger partial charge in [-0.15, -0.1) is 0 Å². The minimum atomic E-state index is 1.31. The highest BCUT2D eigenvalue weighted by molar-refractivity contribution is 5.97. The van der Waals surface area contributed by atoms with E-state index in [-0.39, 0.29) is 0 Å². The van der Waals surface area contributed by atoms with Crippen molar-refractivity contribution in [1.29, 1.82) is 0 Å². The molecule has 3 aromatic rings. The van der Waals surface area contributed by atoms with Gasteiger partial charge in [0.1, 0.15) is 0 Å². The van der Waals surface area contributed by atoms with E-state index in [1.54, 1.807) is 0 Å². The quantitative estimate of drug-likeness (QED) is 0.571. The fourth-order valence-electron chi connectivity index (χ4n) is 1.88. The second kappa shape index (κ2) is 5.46. The summed E-state index contributed by atoms with van der Waals surface area (Å²) >= 11 is 0. The first-order chi connectivity index (χ1) is 8.35. The number of hydrogen-bond acceptors (Lipinski definition) is 1. The Morgan fingerprint density at radius 3 is 1.06 bits per heavy atom. The SMILES string of the molecule is CNC.c1ccc2cc3ccccc3cc2c1. The molecule has 17 heavy (non-hydrogen) atoms. The molecule has 3 aromatic carbocycles. The largest absolute Gasteiger partial charge is 0.323 e. The predicted octanol–water partition coefficient (Wildman–Crippen LogP) is 3.83. The summed E-state index contributed by atoms with van der Waals surface area (Å²) in [5, 5.41) is 8.00. The van der Waals surface area contributed by atoms with Gasteiger partial charge in [-0.1, -0.05) is 48.5 Å². The van der Waals surface area contributed by atoms with Crippen molar-refractivity contribution in [3.8, 4) is 0 Å². The maximum absolute atomic E-state index is 2.75. The van der Waals surface area contributed by atoms with Crippen LogP contribution in [0.4, 0.5) is 0 Å². The number of hydrogen-bond donors (Lipinski definition) is 1. The molecular weight excluding hydrogens is 206 g/mol. The van der Waals surface area contributed by atoms with Crippen molar-refractivity contribution in [1.82, 2.24) is 5.32 Å². The molecule has 0 saturated carbocycles. The molecule has 0 atom stereocenters. The molecule has 1 nitrogen and oxygen atoms in total. The fourth-order valence-corrected chi connectivity index (χ4v) is 1.88. The van der Waals surface area contributed by atoms with Gasteiger partial charge in [0.15, 0.2) is 0 Å². The lowest BCUT2D eigenvalue weighted by Gasteiger charge is -2.00. The topological polar surface area (TPSA) is 12.0 Å². The van der Waals surface area contributed by atoms with Crippen LogP contribution in [-0.4, -0.2) is 14.1 Å². The monoisotopic (exact) mass is 223 g/mol. The Balaban J connectivity index is 0.000000329. The Bertz CT molecular complexity index is 509. The Morgan fingerprint density at radius 2 is 0.824 bits per heavy atom. The molecule has 0 heterocycles. The summed E-state index contributed by atoms with van der Waals surface area (Å²) < 4.78 is 0. The highest BCUT2D eigenvalue weighted by atomic mass is 14.7. The van der Waals surface area contributed by atoms with Crippen molar-refractivity contribution in [2.75, 3.05) is 14.1 Å². The van der Waals surface area contributed by atoms with E-state index in [2.05, 4.69) is 66.0 Å². The van der Waals surface area contributed by atoms with Crippen LogP contribution in [0.3, 0.4) is 0 Å². The number of fused-ring (bicyclic) bond motifs is 2. The van der Waals surface area contributed by atoms with Gasteiger partial charge in [-0.25, -0.2) is 0 Å². The first-order valence-corrected chi connectivity index (χ1v) is 5.81. The number of rotatable bonds is 0. The van der Waals surface area contributed by atoms with Crippen molar-refractivity contribution in [3.63, 3.8) is 0 Å². The standard InChI is InChI=1S/C14H10.C2H7N/c1-2-6-12-10-14-8-4-3-7-13(14)9-11(12)5-1;1-3-2/h1-10H;3H,1-2H3. The summed E-state index contributed by atoms with van der Waals surface area (Å²) in [6, 6.07) is 21.4. The van der Waals surface area contributed by atoms with Crippen LogP contribution in [0.1, 0.15) is 0 Å². The fraction of sp³-hybridized carbons (Fsp3) is 0.125. The van der Waals surface area contributed by atoms with Crippen molar-refractivity contribution in [2.45, 2.75) is 0 Å². The maximum atomic E-state index is 2.75. The zero-order valence-corrected chi connectivity index (χ0v) is 10.3. The molecule has 0 aliphatic carbocycles. The van der Waals surface area contributed by atoms with Gasteiger partial charge >= 0.3 is 0 Å². The molecule has 0 fully saturated rings. The van der Waals surface area contributed by atoms with Gasteiger partial charge in [0.05, 0.1) is 0 Å². The van der Waals surface area contributed by atoms with E-state index in [1.807, 2.05) is 14.1 Å². The minimum Gasteiger partial charge on any atom is -0.323 e. The summed E-state index contributed by atoms with van der Waals surface area (Å²) in [5.41, 5.74) is 0. The molecule has 0 bridgehead atoms. The van der Waals surface area contributed by atoms with Crippen molar-refractivity contribution >= 4 is 21.5 Å². The van der Waals surface area contributed by atoms with Gasteiger partial charge in [-0.05, 0) is 47.8 Å². The molecule has 0 radical (unpaired) electrons.